The summed E-state index contributed by atoms with van der Waals surface area (Å²) in [5, 5.41) is 30.7. The van der Waals surface area contributed by atoms with E-state index in [2.05, 4.69) is 5.16 Å². The summed E-state index contributed by atoms with van der Waals surface area (Å²) in [6.07, 6.45) is 1.03. The van der Waals surface area contributed by atoms with Crippen LogP contribution in [0.2, 0.25) is 0 Å². The molecule has 1 amide bonds. The van der Waals surface area contributed by atoms with Crippen LogP contribution in [0.3, 0.4) is 0 Å². The first kappa shape index (κ1) is 12.2. The average Bonchev–Trinajstić information content (AvgIpc) is 2.41. The van der Waals surface area contributed by atoms with Crippen molar-refractivity contribution in [2.75, 3.05) is 13.1 Å². The van der Waals surface area contributed by atoms with Crippen LogP contribution in [0, 0.1) is 0 Å². The highest BCUT2D eigenvalue weighted by Gasteiger charge is 2.24. The van der Waals surface area contributed by atoms with Crippen LogP contribution in [-0.2, 0) is 0 Å². The zero-order chi connectivity index (χ0) is 13.1. The van der Waals surface area contributed by atoms with Gasteiger partial charge in [0.25, 0.3) is 5.91 Å². The number of nitrogens with zero attached hydrogens (tertiary/aromatic N) is 2. The maximum absolute atomic E-state index is 12.1. The summed E-state index contributed by atoms with van der Waals surface area (Å²) < 4.78 is 0. The largest absolute Gasteiger partial charge is 0.504 e. The summed E-state index contributed by atoms with van der Waals surface area (Å²) in [5.74, 6) is -1.04. The predicted molar refractivity (Wildman–Crippen MR) is 64.1 cm³/mol. The van der Waals surface area contributed by atoms with E-state index < -0.39 is 5.75 Å². The lowest BCUT2D eigenvalue weighted by atomic mass is 10.1. The zero-order valence-electron chi connectivity index (χ0n) is 9.70. The van der Waals surface area contributed by atoms with E-state index in [0.29, 0.717) is 31.6 Å². The Bertz CT molecular complexity index is 489. The predicted octanol–water partition coefficient (Wildman–Crippen LogP) is 1.16. The molecule has 1 aliphatic heterocycles. The number of carbonyl (C=O) groups is 1. The number of likely N-dealkylation sites (tertiary alicyclic amines) is 1. The molecule has 6 heteroatoms. The first-order valence-electron chi connectivity index (χ1n) is 5.63. The number of rotatable bonds is 1. The van der Waals surface area contributed by atoms with Gasteiger partial charge in [-0.15, -0.1) is 0 Å². The Labute approximate surface area is 104 Å². The second-order valence-corrected chi connectivity index (χ2v) is 4.13. The second-order valence-electron chi connectivity index (χ2n) is 4.13. The average molecular weight is 250 g/mol. The van der Waals surface area contributed by atoms with Gasteiger partial charge < -0.3 is 20.3 Å². The number of piperidine rings is 1. The normalized spacial score (nSPS) is 15.6. The van der Waals surface area contributed by atoms with Crippen LogP contribution >= 0.6 is 0 Å². The van der Waals surface area contributed by atoms with Gasteiger partial charge in [0.1, 0.15) is 0 Å². The maximum Gasteiger partial charge on any atom is 0.257 e. The quantitative estimate of drug-likeness (QED) is 0.396. The van der Waals surface area contributed by atoms with E-state index in [4.69, 9.17) is 5.21 Å². The monoisotopic (exact) mass is 250 g/mol. The zero-order valence-corrected chi connectivity index (χ0v) is 9.70. The van der Waals surface area contributed by atoms with Crippen LogP contribution in [0.5, 0.6) is 11.5 Å². The molecule has 0 bridgehead atoms. The third-order valence-corrected chi connectivity index (χ3v) is 3.01. The summed E-state index contributed by atoms with van der Waals surface area (Å²) in [7, 11) is 0. The highest BCUT2D eigenvalue weighted by molar-refractivity contribution is 5.98. The topological polar surface area (TPSA) is 93.4 Å². The minimum absolute atomic E-state index is 0.0828. The van der Waals surface area contributed by atoms with Crippen molar-refractivity contribution < 1.29 is 20.2 Å². The number of phenolic OH excluding ortho intramolecular Hbond substituents is 2. The van der Waals surface area contributed by atoms with Crippen LogP contribution in [0.1, 0.15) is 23.2 Å². The lowest BCUT2D eigenvalue weighted by molar-refractivity contribution is 0.0750. The minimum atomic E-state index is -0.399. The first-order valence-corrected chi connectivity index (χ1v) is 5.63. The summed E-state index contributed by atoms with van der Waals surface area (Å²) in [6, 6.07) is 4.29. The Morgan fingerprint density at radius 3 is 2.50 bits per heavy atom. The minimum Gasteiger partial charge on any atom is -0.504 e. The highest BCUT2D eigenvalue weighted by atomic mass is 16.4. The first-order chi connectivity index (χ1) is 8.63. The number of benzene rings is 1. The molecule has 2 rings (SSSR count). The van der Waals surface area contributed by atoms with E-state index >= 15 is 0 Å². The van der Waals surface area contributed by atoms with Gasteiger partial charge in [-0.05, 0) is 12.1 Å². The van der Waals surface area contributed by atoms with Gasteiger partial charge in [-0.25, -0.2) is 0 Å². The van der Waals surface area contributed by atoms with Gasteiger partial charge >= 0.3 is 0 Å². The number of hydrogen-bond acceptors (Lipinski definition) is 5. The third kappa shape index (κ3) is 2.22. The molecule has 3 N–H and O–H groups in total. The van der Waals surface area contributed by atoms with E-state index in [1.54, 1.807) is 4.90 Å². The van der Waals surface area contributed by atoms with E-state index in [1.165, 1.54) is 18.2 Å². The standard InChI is InChI=1S/C12H14N2O4/c15-10-3-1-2-9(11(10)16)12(17)14-6-4-8(13-18)5-7-14/h1-3,15-16,18H,4-7H2. The molecule has 1 aromatic carbocycles. The van der Waals surface area contributed by atoms with Gasteiger partial charge in [0, 0.05) is 25.9 Å². The van der Waals surface area contributed by atoms with Gasteiger partial charge in [0.15, 0.2) is 11.5 Å². The Morgan fingerprint density at radius 1 is 1.22 bits per heavy atom. The third-order valence-electron chi connectivity index (χ3n) is 3.01. The molecule has 0 spiro atoms. The van der Waals surface area contributed by atoms with Crippen molar-refractivity contribution in [2.24, 2.45) is 5.16 Å². The van der Waals surface area contributed by atoms with Gasteiger partial charge in [0.05, 0.1) is 11.3 Å². The van der Waals surface area contributed by atoms with Crippen molar-refractivity contribution >= 4 is 11.6 Å². The number of hydrogen-bond donors (Lipinski definition) is 3. The maximum atomic E-state index is 12.1. The SMILES string of the molecule is O=C(c1cccc(O)c1O)N1CCC(=NO)CC1. The van der Waals surface area contributed by atoms with E-state index in [9.17, 15) is 15.0 Å². The van der Waals surface area contributed by atoms with Crippen molar-refractivity contribution in [1.29, 1.82) is 0 Å². The molecule has 1 heterocycles. The van der Waals surface area contributed by atoms with Crippen molar-refractivity contribution in [2.45, 2.75) is 12.8 Å². The molecule has 0 aromatic heterocycles. The lowest BCUT2D eigenvalue weighted by Crippen LogP contribution is -2.38. The van der Waals surface area contributed by atoms with Crippen LogP contribution in [0.25, 0.3) is 0 Å². The number of carbonyl (C=O) groups excluding carboxylic acids is 1. The van der Waals surface area contributed by atoms with Gasteiger partial charge in [-0.2, -0.15) is 0 Å². The van der Waals surface area contributed by atoms with E-state index in [1.807, 2.05) is 0 Å². The van der Waals surface area contributed by atoms with Crippen LogP contribution < -0.4 is 0 Å². The molecule has 1 aliphatic rings. The summed E-state index contributed by atoms with van der Waals surface area (Å²) >= 11 is 0. The number of aromatic hydroxyl groups is 2. The molecule has 1 fully saturated rings. The molecule has 1 saturated heterocycles. The Morgan fingerprint density at radius 2 is 1.89 bits per heavy atom. The van der Waals surface area contributed by atoms with Crippen molar-refractivity contribution in [3.05, 3.63) is 23.8 Å². The van der Waals surface area contributed by atoms with Crippen molar-refractivity contribution in [3.8, 4) is 11.5 Å². The summed E-state index contributed by atoms with van der Waals surface area (Å²) in [6.45, 7) is 0.876. The number of para-hydroxylation sites is 1. The van der Waals surface area contributed by atoms with E-state index in [0.717, 1.165) is 0 Å². The lowest BCUT2D eigenvalue weighted by Gasteiger charge is -2.27. The van der Waals surface area contributed by atoms with Crippen molar-refractivity contribution in [3.63, 3.8) is 0 Å². The smallest absolute Gasteiger partial charge is 0.257 e. The molecule has 0 saturated carbocycles. The molecule has 1 aromatic rings. The van der Waals surface area contributed by atoms with Gasteiger partial charge in [-0.1, -0.05) is 11.2 Å². The van der Waals surface area contributed by atoms with E-state index in [-0.39, 0.29) is 17.2 Å². The molecule has 0 unspecified atom stereocenters. The number of oxime groups is 1. The molecule has 18 heavy (non-hydrogen) atoms. The highest BCUT2D eigenvalue weighted by Crippen LogP contribution is 2.29. The van der Waals surface area contributed by atoms with Gasteiger partial charge in [0.2, 0.25) is 0 Å². The number of amides is 1. The Hall–Kier alpha value is -2.24. The summed E-state index contributed by atoms with van der Waals surface area (Å²) in [4.78, 5) is 13.7. The molecule has 0 radical (unpaired) electrons. The summed E-state index contributed by atoms with van der Waals surface area (Å²) in [5.41, 5.74) is 0.749. The fraction of sp³-hybridized carbons (Fsp3) is 0.333. The second kappa shape index (κ2) is 4.95. The molecular formula is C12H14N2O4. The molecule has 96 valence electrons. The molecule has 6 nitrogen and oxygen atoms in total. The molecule has 0 atom stereocenters. The molecule has 0 aliphatic carbocycles. The fourth-order valence-electron chi connectivity index (χ4n) is 1.94. The van der Waals surface area contributed by atoms with Crippen molar-refractivity contribution in [1.82, 2.24) is 4.90 Å². The molecular weight excluding hydrogens is 236 g/mol. The Balaban J connectivity index is 2.15. The van der Waals surface area contributed by atoms with Crippen LogP contribution in [0.4, 0.5) is 0 Å². The number of phenols is 2. The van der Waals surface area contributed by atoms with Gasteiger partial charge in [-0.3, -0.25) is 4.79 Å². The van der Waals surface area contributed by atoms with Crippen LogP contribution in [-0.4, -0.2) is 45.0 Å². The fourth-order valence-corrected chi connectivity index (χ4v) is 1.94. The van der Waals surface area contributed by atoms with Crippen LogP contribution in [0.15, 0.2) is 23.4 Å². The Kier molecular flexibility index (Phi) is 3.36.